The van der Waals surface area contributed by atoms with Crippen LogP contribution < -0.4 is 0 Å². The molecule has 1 aliphatic heterocycles. The van der Waals surface area contributed by atoms with Crippen LogP contribution in [0.2, 0.25) is 0 Å². The highest BCUT2D eigenvalue weighted by molar-refractivity contribution is 5.72. The smallest absolute Gasteiger partial charge is 0.320 e. The molecule has 0 aliphatic carbocycles. The third-order valence-corrected chi connectivity index (χ3v) is 2.99. The fraction of sp³-hybridized carbons (Fsp3) is 0.900. The van der Waals surface area contributed by atoms with Crippen molar-refractivity contribution < 1.29 is 19.7 Å². The molecule has 88 valence electrons. The zero-order chi connectivity index (χ0) is 11.5. The van der Waals surface area contributed by atoms with Gasteiger partial charge in [-0.1, -0.05) is 0 Å². The Morgan fingerprint density at radius 2 is 2.07 bits per heavy atom. The van der Waals surface area contributed by atoms with Crippen molar-refractivity contribution in [2.45, 2.75) is 31.4 Å². The van der Waals surface area contributed by atoms with E-state index in [-0.39, 0.29) is 0 Å². The van der Waals surface area contributed by atoms with E-state index in [9.17, 15) is 9.90 Å². The van der Waals surface area contributed by atoms with E-state index in [4.69, 9.17) is 9.84 Å². The lowest BCUT2D eigenvalue weighted by Gasteiger charge is -2.36. The van der Waals surface area contributed by atoms with E-state index < -0.39 is 17.6 Å². The summed E-state index contributed by atoms with van der Waals surface area (Å²) in [6, 6.07) is -0.572. The number of likely N-dealkylation sites (N-methyl/N-ethyl adjacent to an activating group) is 1. The first-order valence-electron chi connectivity index (χ1n) is 5.18. The monoisotopic (exact) mass is 217 g/mol. The van der Waals surface area contributed by atoms with Crippen molar-refractivity contribution in [1.29, 1.82) is 0 Å². The average molecular weight is 217 g/mol. The Hall–Kier alpha value is -0.650. The second-order valence-electron chi connectivity index (χ2n) is 4.27. The van der Waals surface area contributed by atoms with E-state index in [2.05, 4.69) is 0 Å². The van der Waals surface area contributed by atoms with Gasteiger partial charge in [-0.15, -0.1) is 0 Å². The van der Waals surface area contributed by atoms with E-state index in [1.165, 1.54) is 0 Å². The molecule has 5 nitrogen and oxygen atoms in total. The first-order valence-corrected chi connectivity index (χ1v) is 5.18. The first-order chi connectivity index (χ1) is 6.94. The summed E-state index contributed by atoms with van der Waals surface area (Å²) in [7, 11) is 1.71. The van der Waals surface area contributed by atoms with Gasteiger partial charge >= 0.3 is 5.97 Å². The average Bonchev–Trinajstić information content (AvgIpc) is 2.16. The van der Waals surface area contributed by atoms with Gasteiger partial charge < -0.3 is 14.9 Å². The lowest BCUT2D eigenvalue weighted by atomic mass is 9.93. The van der Waals surface area contributed by atoms with Crippen LogP contribution in [-0.2, 0) is 9.53 Å². The normalized spacial score (nSPS) is 22.7. The van der Waals surface area contributed by atoms with Gasteiger partial charge in [0.25, 0.3) is 0 Å². The Morgan fingerprint density at radius 3 is 2.53 bits per heavy atom. The summed E-state index contributed by atoms with van der Waals surface area (Å²) >= 11 is 0. The minimum atomic E-state index is -0.867. The van der Waals surface area contributed by atoms with Crippen LogP contribution in [0.25, 0.3) is 0 Å². The SMILES string of the molecule is CC(C(=O)O)N(C)CC1(O)CCOCC1. The van der Waals surface area contributed by atoms with Gasteiger partial charge in [-0.25, -0.2) is 0 Å². The quantitative estimate of drug-likeness (QED) is 0.690. The summed E-state index contributed by atoms with van der Waals surface area (Å²) in [5.41, 5.74) is -0.795. The Morgan fingerprint density at radius 1 is 1.53 bits per heavy atom. The number of aliphatic hydroxyl groups is 1. The van der Waals surface area contributed by atoms with Crippen molar-refractivity contribution in [3.63, 3.8) is 0 Å². The maximum Gasteiger partial charge on any atom is 0.320 e. The molecular weight excluding hydrogens is 198 g/mol. The molecule has 1 atom stereocenters. The van der Waals surface area contributed by atoms with Crippen molar-refractivity contribution in [3.8, 4) is 0 Å². The maximum absolute atomic E-state index is 10.7. The second-order valence-corrected chi connectivity index (χ2v) is 4.27. The Labute approximate surface area is 89.6 Å². The minimum absolute atomic E-state index is 0.379. The van der Waals surface area contributed by atoms with Crippen molar-refractivity contribution in [2.75, 3.05) is 26.8 Å². The fourth-order valence-electron chi connectivity index (χ4n) is 1.70. The van der Waals surface area contributed by atoms with Crippen molar-refractivity contribution in [3.05, 3.63) is 0 Å². The molecule has 1 saturated heterocycles. The summed E-state index contributed by atoms with van der Waals surface area (Å²) in [6.45, 7) is 3.09. The minimum Gasteiger partial charge on any atom is -0.480 e. The molecule has 1 unspecified atom stereocenters. The van der Waals surface area contributed by atoms with Crippen LogP contribution in [0.1, 0.15) is 19.8 Å². The standard InChI is InChI=1S/C10H19NO4/c1-8(9(12)13)11(2)7-10(14)3-5-15-6-4-10/h8,14H,3-7H2,1-2H3,(H,12,13). The molecule has 0 amide bonds. The van der Waals surface area contributed by atoms with E-state index in [1.54, 1.807) is 18.9 Å². The molecule has 2 N–H and O–H groups in total. The number of carboxylic acids is 1. The van der Waals surface area contributed by atoms with E-state index in [0.717, 1.165) is 0 Å². The van der Waals surface area contributed by atoms with Crippen LogP contribution in [-0.4, -0.2) is 59.5 Å². The third kappa shape index (κ3) is 3.44. The van der Waals surface area contributed by atoms with Gasteiger partial charge in [0.15, 0.2) is 0 Å². The van der Waals surface area contributed by atoms with Gasteiger partial charge in [0, 0.05) is 32.6 Å². The molecule has 1 fully saturated rings. The van der Waals surface area contributed by atoms with Crippen LogP contribution in [0, 0.1) is 0 Å². The predicted octanol–water partition coefficient (Wildman–Crippen LogP) is -0.0672. The zero-order valence-corrected chi connectivity index (χ0v) is 9.27. The summed E-state index contributed by atoms with van der Waals surface area (Å²) in [5.74, 6) is -0.867. The number of hydrogen-bond donors (Lipinski definition) is 2. The van der Waals surface area contributed by atoms with Gasteiger partial charge in [-0.2, -0.15) is 0 Å². The van der Waals surface area contributed by atoms with Gasteiger partial charge in [0.1, 0.15) is 6.04 Å². The summed E-state index contributed by atoms with van der Waals surface area (Å²) in [5, 5.41) is 19.0. The Kier molecular flexibility index (Phi) is 4.07. The zero-order valence-electron chi connectivity index (χ0n) is 9.27. The molecule has 0 spiro atoms. The molecule has 0 aromatic rings. The maximum atomic E-state index is 10.7. The van der Waals surface area contributed by atoms with Gasteiger partial charge in [0.2, 0.25) is 0 Å². The molecular formula is C10H19NO4. The predicted molar refractivity (Wildman–Crippen MR) is 54.7 cm³/mol. The van der Waals surface area contributed by atoms with Gasteiger partial charge in [-0.3, -0.25) is 9.69 Å². The summed E-state index contributed by atoms with van der Waals surface area (Å²) in [6.07, 6.45) is 1.15. The van der Waals surface area contributed by atoms with Crippen LogP contribution in [0.3, 0.4) is 0 Å². The number of rotatable bonds is 4. The van der Waals surface area contributed by atoms with Crippen LogP contribution >= 0.6 is 0 Å². The molecule has 1 rings (SSSR count). The van der Waals surface area contributed by atoms with Gasteiger partial charge in [-0.05, 0) is 14.0 Å². The lowest BCUT2D eigenvalue weighted by molar-refractivity contribution is -0.144. The number of ether oxygens (including phenoxy) is 1. The fourth-order valence-corrected chi connectivity index (χ4v) is 1.70. The third-order valence-electron chi connectivity index (χ3n) is 2.99. The van der Waals surface area contributed by atoms with Crippen molar-refractivity contribution in [2.24, 2.45) is 0 Å². The van der Waals surface area contributed by atoms with Crippen LogP contribution in [0.5, 0.6) is 0 Å². The highest BCUT2D eigenvalue weighted by Crippen LogP contribution is 2.21. The molecule has 0 aromatic heterocycles. The highest BCUT2D eigenvalue weighted by Gasteiger charge is 2.33. The van der Waals surface area contributed by atoms with Gasteiger partial charge in [0.05, 0.1) is 5.60 Å². The molecule has 1 heterocycles. The number of nitrogens with zero attached hydrogens (tertiary/aromatic N) is 1. The number of hydrogen-bond acceptors (Lipinski definition) is 4. The molecule has 15 heavy (non-hydrogen) atoms. The van der Waals surface area contributed by atoms with Crippen LogP contribution in [0.4, 0.5) is 0 Å². The highest BCUT2D eigenvalue weighted by atomic mass is 16.5. The van der Waals surface area contributed by atoms with Crippen LogP contribution in [0.15, 0.2) is 0 Å². The number of carbonyl (C=O) groups is 1. The molecule has 0 aromatic carbocycles. The van der Waals surface area contributed by atoms with E-state index >= 15 is 0 Å². The number of carboxylic acid groups (broad SMARTS) is 1. The molecule has 1 aliphatic rings. The van der Waals surface area contributed by atoms with Crippen molar-refractivity contribution in [1.82, 2.24) is 4.90 Å². The summed E-state index contributed by atoms with van der Waals surface area (Å²) in [4.78, 5) is 12.4. The topological polar surface area (TPSA) is 70.0 Å². The van der Waals surface area contributed by atoms with Crippen molar-refractivity contribution >= 4 is 5.97 Å². The molecule has 0 saturated carbocycles. The Bertz CT molecular complexity index is 225. The van der Waals surface area contributed by atoms with E-state index in [0.29, 0.717) is 32.6 Å². The largest absolute Gasteiger partial charge is 0.480 e. The summed E-state index contributed by atoms with van der Waals surface area (Å²) < 4.78 is 5.16. The Balaban J connectivity index is 2.48. The second kappa shape index (κ2) is 4.92. The van der Waals surface area contributed by atoms with E-state index in [1.807, 2.05) is 0 Å². The number of aliphatic carboxylic acids is 1. The molecule has 0 radical (unpaired) electrons. The molecule has 0 bridgehead atoms. The molecule has 5 heteroatoms. The lowest BCUT2D eigenvalue weighted by Crippen LogP contribution is -2.49. The first kappa shape index (κ1) is 12.4.